The van der Waals surface area contributed by atoms with E-state index in [0.717, 1.165) is 0 Å². The lowest BCUT2D eigenvalue weighted by atomic mass is 10.2. The molecular formula is C11H13ClN2. The van der Waals surface area contributed by atoms with E-state index in [9.17, 15) is 0 Å². The minimum Gasteiger partial charge on any atom is -1.00 e. The number of H-pyrrole nitrogens is 1. The maximum atomic E-state index is 3.24. The Morgan fingerprint density at radius 3 is 2.64 bits per heavy atom. The molecule has 0 atom stereocenters. The number of halogens is 1. The quantitative estimate of drug-likeness (QED) is 0.452. The van der Waals surface area contributed by atoms with E-state index < -0.39 is 0 Å². The molecule has 0 bridgehead atoms. The molecule has 0 saturated carbocycles. The van der Waals surface area contributed by atoms with Crippen molar-refractivity contribution in [1.82, 2.24) is 4.98 Å². The summed E-state index contributed by atoms with van der Waals surface area (Å²) in [6.07, 6.45) is 4.14. The van der Waals surface area contributed by atoms with Gasteiger partial charge in [-0.25, -0.2) is 4.58 Å². The Hall–Kier alpha value is -1.28. The van der Waals surface area contributed by atoms with Crippen LogP contribution in [0.5, 0.6) is 0 Å². The van der Waals surface area contributed by atoms with Crippen LogP contribution in [0.1, 0.15) is 5.56 Å². The molecule has 0 radical (unpaired) electrons. The molecule has 14 heavy (non-hydrogen) atoms. The van der Waals surface area contributed by atoms with Crippen LogP contribution in [-0.4, -0.2) is 29.9 Å². The molecule has 1 N–H and O–H groups in total. The Morgan fingerprint density at radius 1 is 1.21 bits per heavy atom. The van der Waals surface area contributed by atoms with Crippen molar-refractivity contribution in [3.05, 3.63) is 36.0 Å². The molecule has 1 aromatic heterocycles. The summed E-state index contributed by atoms with van der Waals surface area (Å²) in [7, 11) is 4.06. The summed E-state index contributed by atoms with van der Waals surface area (Å²) in [6.45, 7) is 0. The second kappa shape index (κ2) is 4.29. The number of aromatic amines is 1. The number of aromatic nitrogens is 1. The smallest absolute Gasteiger partial charge is 0.172 e. The van der Waals surface area contributed by atoms with E-state index in [4.69, 9.17) is 0 Å². The fraction of sp³-hybridized carbons (Fsp3) is 0.182. The second-order valence-electron chi connectivity index (χ2n) is 3.38. The Kier molecular flexibility index (Phi) is 3.31. The maximum Gasteiger partial charge on any atom is 0.172 e. The number of rotatable bonds is 1. The molecule has 0 saturated heterocycles. The van der Waals surface area contributed by atoms with Crippen molar-refractivity contribution >= 4 is 17.1 Å². The normalized spacial score (nSPS) is 9.57. The Bertz CT molecular complexity index is 453. The largest absolute Gasteiger partial charge is 1.00 e. The molecule has 2 nitrogen and oxygen atoms in total. The average molecular weight is 209 g/mol. The number of para-hydroxylation sites is 1. The fourth-order valence-corrected chi connectivity index (χ4v) is 1.48. The SMILES string of the molecule is C[N+](C)=Cc1c[nH]c2ccccc12.[Cl-]. The van der Waals surface area contributed by atoms with Crippen molar-refractivity contribution in [2.45, 2.75) is 0 Å². The minimum atomic E-state index is 0. The van der Waals surface area contributed by atoms with Crippen molar-refractivity contribution in [2.24, 2.45) is 0 Å². The first-order valence-corrected chi connectivity index (χ1v) is 4.35. The Labute approximate surface area is 89.7 Å². The zero-order chi connectivity index (χ0) is 9.26. The summed E-state index contributed by atoms with van der Waals surface area (Å²) in [4.78, 5) is 3.24. The summed E-state index contributed by atoms with van der Waals surface area (Å²) in [5, 5.41) is 1.27. The van der Waals surface area contributed by atoms with Gasteiger partial charge in [0.1, 0.15) is 14.1 Å². The van der Waals surface area contributed by atoms with Gasteiger partial charge < -0.3 is 17.4 Å². The minimum absolute atomic E-state index is 0. The number of fused-ring (bicyclic) bond motifs is 1. The highest BCUT2D eigenvalue weighted by molar-refractivity contribution is 5.97. The summed E-state index contributed by atoms with van der Waals surface area (Å²) >= 11 is 0. The number of nitrogens with one attached hydrogen (secondary N) is 1. The second-order valence-corrected chi connectivity index (χ2v) is 3.38. The molecule has 0 aliphatic rings. The monoisotopic (exact) mass is 208 g/mol. The standard InChI is InChI=1S/C11H12N2.ClH/c1-13(2)8-9-7-12-11-6-4-3-5-10(9)11;/h3-8H,1-2H3;1H. The lowest BCUT2D eigenvalue weighted by Crippen LogP contribution is -3.00. The van der Waals surface area contributed by atoms with Crippen molar-refractivity contribution in [2.75, 3.05) is 14.1 Å². The molecule has 0 spiro atoms. The third-order valence-corrected chi connectivity index (χ3v) is 2.02. The van der Waals surface area contributed by atoms with Gasteiger partial charge in [-0.1, -0.05) is 18.2 Å². The van der Waals surface area contributed by atoms with E-state index in [2.05, 4.69) is 34.0 Å². The van der Waals surface area contributed by atoms with Crippen molar-refractivity contribution in [1.29, 1.82) is 0 Å². The topological polar surface area (TPSA) is 18.8 Å². The predicted octanol–water partition coefficient (Wildman–Crippen LogP) is -1.14. The van der Waals surface area contributed by atoms with E-state index in [-0.39, 0.29) is 12.4 Å². The molecule has 1 heterocycles. The highest BCUT2D eigenvalue weighted by atomic mass is 35.5. The van der Waals surface area contributed by atoms with E-state index in [1.54, 1.807) is 0 Å². The number of nitrogens with zero attached hydrogens (tertiary/aromatic N) is 1. The molecule has 74 valence electrons. The van der Waals surface area contributed by atoms with Gasteiger partial charge in [0.15, 0.2) is 6.21 Å². The number of hydrogen-bond acceptors (Lipinski definition) is 0. The number of benzene rings is 1. The number of hydrogen-bond donors (Lipinski definition) is 1. The Morgan fingerprint density at radius 2 is 1.93 bits per heavy atom. The van der Waals surface area contributed by atoms with Gasteiger partial charge in [-0.3, -0.25) is 0 Å². The van der Waals surface area contributed by atoms with Gasteiger partial charge in [-0.05, 0) is 6.07 Å². The Balaban J connectivity index is 0.000000980. The lowest BCUT2D eigenvalue weighted by Gasteiger charge is -1.88. The molecule has 1 aromatic carbocycles. The maximum absolute atomic E-state index is 3.24. The highest BCUT2D eigenvalue weighted by Gasteiger charge is 2.01. The van der Waals surface area contributed by atoms with Crippen LogP contribution >= 0.6 is 0 Å². The molecule has 0 amide bonds. The molecule has 0 aliphatic carbocycles. The van der Waals surface area contributed by atoms with Crippen LogP contribution in [0.3, 0.4) is 0 Å². The van der Waals surface area contributed by atoms with Gasteiger partial charge in [0.2, 0.25) is 0 Å². The third kappa shape index (κ3) is 1.96. The first-order chi connectivity index (χ1) is 6.27. The summed E-state index contributed by atoms with van der Waals surface area (Å²) in [5.74, 6) is 0. The highest BCUT2D eigenvalue weighted by Crippen LogP contribution is 2.15. The first kappa shape index (κ1) is 10.8. The molecule has 0 aliphatic heterocycles. The molecule has 2 rings (SSSR count). The van der Waals surface area contributed by atoms with Gasteiger partial charge in [-0.2, -0.15) is 0 Å². The van der Waals surface area contributed by atoms with Crippen LogP contribution < -0.4 is 12.4 Å². The van der Waals surface area contributed by atoms with Gasteiger partial charge in [0, 0.05) is 17.1 Å². The lowest BCUT2D eigenvalue weighted by molar-refractivity contribution is -0.458. The predicted molar refractivity (Wildman–Crippen MR) is 55.6 cm³/mol. The third-order valence-electron chi connectivity index (χ3n) is 2.02. The van der Waals surface area contributed by atoms with Gasteiger partial charge in [-0.15, -0.1) is 0 Å². The van der Waals surface area contributed by atoms with Gasteiger partial charge in [0.25, 0.3) is 0 Å². The average Bonchev–Trinajstić information content (AvgIpc) is 2.48. The zero-order valence-corrected chi connectivity index (χ0v) is 9.05. The van der Waals surface area contributed by atoms with Crippen LogP contribution in [-0.2, 0) is 0 Å². The van der Waals surface area contributed by atoms with Crippen LogP contribution in [0, 0.1) is 0 Å². The van der Waals surface area contributed by atoms with E-state index in [1.807, 2.05) is 26.4 Å². The zero-order valence-electron chi connectivity index (χ0n) is 8.29. The van der Waals surface area contributed by atoms with Gasteiger partial charge in [0.05, 0.1) is 5.56 Å². The van der Waals surface area contributed by atoms with Crippen LogP contribution in [0.25, 0.3) is 10.9 Å². The van der Waals surface area contributed by atoms with Gasteiger partial charge >= 0.3 is 0 Å². The molecular weight excluding hydrogens is 196 g/mol. The van der Waals surface area contributed by atoms with Crippen molar-refractivity contribution in [3.63, 3.8) is 0 Å². The summed E-state index contributed by atoms with van der Waals surface area (Å²) < 4.78 is 2.05. The molecule has 0 unspecified atom stereocenters. The first-order valence-electron chi connectivity index (χ1n) is 4.35. The van der Waals surface area contributed by atoms with Crippen LogP contribution in [0.2, 0.25) is 0 Å². The van der Waals surface area contributed by atoms with E-state index in [0.29, 0.717) is 0 Å². The van der Waals surface area contributed by atoms with E-state index >= 15 is 0 Å². The van der Waals surface area contributed by atoms with Crippen molar-refractivity contribution < 1.29 is 17.0 Å². The summed E-state index contributed by atoms with van der Waals surface area (Å²) in [6, 6.07) is 8.31. The van der Waals surface area contributed by atoms with Crippen LogP contribution in [0.15, 0.2) is 30.5 Å². The van der Waals surface area contributed by atoms with Crippen LogP contribution in [0.4, 0.5) is 0 Å². The molecule has 2 aromatic rings. The molecule has 0 fully saturated rings. The summed E-state index contributed by atoms with van der Waals surface area (Å²) in [5.41, 5.74) is 2.43. The fourth-order valence-electron chi connectivity index (χ4n) is 1.48. The van der Waals surface area contributed by atoms with Crippen molar-refractivity contribution in [3.8, 4) is 0 Å². The molecule has 3 heteroatoms. The van der Waals surface area contributed by atoms with E-state index in [1.165, 1.54) is 16.5 Å².